The Labute approximate surface area is 239 Å². The predicted molar refractivity (Wildman–Crippen MR) is 144 cm³/mol. The molecule has 1 aliphatic heterocycles. The van der Waals surface area contributed by atoms with Gasteiger partial charge in [0.05, 0.1) is 19.3 Å². The summed E-state index contributed by atoms with van der Waals surface area (Å²) in [4.78, 5) is 21.3. The Hall–Kier alpha value is -2.94. The van der Waals surface area contributed by atoms with Crippen LogP contribution in [0.3, 0.4) is 0 Å². The lowest BCUT2D eigenvalue weighted by Gasteiger charge is -2.23. The van der Waals surface area contributed by atoms with E-state index in [1.165, 1.54) is 24.9 Å². The van der Waals surface area contributed by atoms with Crippen LogP contribution >= 0.6 is 11.8 Å². The smallest absolute Gasteiger partial charge is 0.331 e. The van der Waals surface area contributed by atoms with Crippen LogP contribution < -0.4 is 5.32 Å². The summed E-state index contributed by atoms with van der Waals surface area (Å²) < 4.78 is 52.1. The first kappa shape index (κ1) is 28.2. The maximum Gasteiger partial charge on any atom is 0.331 e. The first-order chi connectivity index (χ1) is 19.7. The molecule has 1 saturated heterocycles. The minimum atomic E-state index is -0.863. The molecule has 6 rings (SSSR count). The van der Waals surface area contributed by atoms with Gasteiger partial charge in [-0.1, -0.05) is 30.0 Å². The molecule has 1 aromatic carbocycles. The Morgan fingerprint density at radius 3 is 2.76 bits per heavy atom. The highest BCUT2D eigenvalue weighted by Gasteiger charge is 2.56. The average Bonchev–Trinajstić information content (AvgIpc) is 3.28. The summed E-state index contributed by atoms with van der Waals surface area (Å²) in [5, 5.41) is 12.9. The number of carbonyl (C=O) groups excluding carboxylic acids is 1. The van der Waals surface area contributed by atoms with Gasteiger partial charge < -0.3 is 24.3 Å². The SMILES string of the molecule is CCCSc1nc(NC2C[C@H]2c2ccc(F)c(F)c2)c2nnn([C@@H]3C[C@H](OCC(=O)OC)[C@H]4OC(C)(C)O[C@H]43)c2n1. The van der Waals surface area contributed by atoms with Crippen molar-refractivity contribution in [3.05, 3.63) is 35.4 Å². The lowest BCUT2D eigenvalue weighted by Crippen LogP contribution is -2.32. The zero-order chi connectivity index (χ0) is 28.9. The zero-order valence-corrected chi connectivity index (χ0v) is 24.0. The molecular formula is C27H32F2N6O5S. The number of thioether (sulfide) groups is 1. The monoisotopic (exact) mass is 590 g/mol. The minimum absolute atomic E-state index is 0.0199. The quantitative estimate of drug-likeness (QED) is 0.209. The topological polar surface area (TPSA) is 123 Å². The summed E-state index contributed by atoms with van der Waals surface area (Å²) in [6.45, 7) is 5.55. The number of nitrogens with zero attached hydrogens (tertiary/aromatic N) is 5. The highest BCUT2D eigenvalue weighted by Crippen LogP contribution is 2.47. The van der Waals surface area contributed by atoms with Gasteiger partial charge in [0.15, 0.2) is 39.6 Å². The molecule has 3 fully saturated rings. The van der Waals surface area contributed by atoms with E-state index >= 15 is 0 Å². The molecule has 1 N–H and O–H groups in total. The fraction of sp³-hybridized carbons (Fsp3) is 0.593. The van der Waals surface area contributed by atoms with E-state index in [1.807, 2.05) is 13.8 Å². The van der Waals surface area contributed by atoms with E-state index in [2.05, 4.69) is 22.6 Å². The Bertz CT molecular complexity index is 1460. The van der Waals surface area contributed by atoms with Gasteiger partial charge in [0.25, 0.3) is 0 Å². The van der Waals surface area contributed by atoms with Crippen molar-refractivity contribution in [2.45, 2.75) is 87.3 Å². The van der Waals surface area contributed by atoms with Crippen LogP contribution in [0.5, 0.6) is 0 Å². The van der Waals surface area contributed by atoms with E-state index in [4.69, 9.17) is 28.9 Å². The summed E-state index contributed by atoms with van der Waals surface area (Å²) in [6, 6.07) is 3.67. The van der Waals surface area contributed by atoms with Gasteiger partial charge in [-0.05, 0) is 44.4 Å². The number of ether oxygens (including phenoxy) is 4. The molecule has 0 spiro atoms. The van der Waals surface area contributed by atoms with Crippen LogP contribution in [0.2, 0.25) is 0 Å². The van der Waals surface area contributed by atoms with Crippen LogP contribution in [0.4, 0.5) is 14.6 Å². The molecule has 41 heavy (non-hydrogen) atoms. The van der Waals surface area contributed by atoms with Crippen molar-refractivity contribution in [1.82, 2.24) is 25.0 Å². The Morgan fingerprint density at radius 1 is 1.20 bits per heavy atom. The fourth-order valence-electron chi connectivity index (χ4n) is 5.58. The molecule has 6 atom stereocenters. The first-order valence-corrected chi connectivity index (χ1v) is 14.7. The second kappa shape index (κ2) is 11.0. The summed E-state index contributed by atoms with van der Waals surface area (Å²) in [5.41, 5.74) is 1.76. The number of fused-ring (bicyclic) bond motifs is 2. The van der Waals surface area contributed by atoms with E-state index < -0.39 is 41.7 Å². The van der Waals surface area contributed by atoms with Crippen molar-refractivity contribution < 1.29 is 32.5 Å². The molecule has 0 amide bonds. The first-order valence-electron chi connectivity index (χ1n) is 13.7. The third kappa shape index (κ3) is 5.62. The molecule has 2 aromatic heterocycles. The Kier molecular flexibility index (Phi) is 7.59. The van der Waals surface area contributed by atoms with Crippen molar-refractivity contribution in [2.75, 3.05) is 24.8 Å². The van der Waals surface area contributed by atoms with Gasteiger partial charge in [-0.3, -0.25) is 0 Å². The summed E-state index contributed by atoms with van der Waals surface area (Å²) >= 11 is 1.53. The largest absolute Gasteiger partial charge is 0.467 e. The van der Waals surface area contributed by atoms with E-state index in [0.29, 0.717) is 28.6 Å². The number of methoxy groups -OCH3 is 1. The number of aromatic nitrogens is 5. The fourth-order valence-corrected chi connectivity index (χ4v) is 6.27. The minimum Gasteiger partial charge on any atom is -0.467 e. The van der Waals surface area contributed by atoms with E-state index in [-0.39, 0.29) is 24.6 Å². The Balaban J connectivity index is 1.30. The summed E-state index contributed by atoms with van der Waals surface area (Å²) in [7, 11) is 1.31. The molecule has 11 nitrogen and oxygen atoms in total. The molecule has 220 valence electrons. The molecule has 0 bridgehead atoms. The van der Waals surface area contributed by atoms with Gasteiger partial charge in [0.1, 0.15) is 18.8 Å². The van der Waals surface area contributed by atoms with E-state index in [9.17, 15) is 13.6 Å². The number of benzene rings is 1. The molecule has 2 saturated carbocycles. The number of rotatable bonds is 10. The third-order valence-corrected chi connectivity index (χ3v) is 8.62. The molecule has 3 heterocycles. The number of carbonyl (C=O) groups is 1. The van der Waals surface area contributed by atoms with Crippen molar-refractivity contribution in [2.24, 2.45) is 0 Å². The molecule has 14 heteroatoms. The number of esters is 1. The summed E-state index contributed by atoms with van der Waals surface area (Å²) in [6.07, 6.45) is 0.896. The van der Waals surface area contributed by atoms with Gasteiger partial charge in [0.2, 0.25) is 0 Å². The molecular weight excluding hydrogens is 558 g/mol. The van der Waals surface area contributed by atoms with Gasteiger partial charge >= 0.3 is 5.97 Å². The molecule has 2 aliphatic carbocycles. The predicted octanol–water partition coefficient (Wildman–Crippen LogP) is 3.99. The van der Waals surface area contributed by atoms with Crippen LogP contribution in [0.1, 0.15) is 57.6 Å². The highest BCUT2D eigenvalue weighted by atomic mass is 32.2. The van der Waals surface area contributed by atoms with Crippen molar-refractivity contribution in [3.63, 3.8) is 0 Å². The molecule has 3 aromatic rings. The number of halogens is 2. The number of anilines is 1. The Morgan fingerprint density at radius 2 is 2.00 bits per heavy atom. The van der Waals surface area contributed by atoms with Crippen molar-refractivity contribution in [1.29, 1.82) is 0 Å². The molecule has 0 radical (unpaired) electrons. The van der Waals surface area contributed by atoms with Crippen LogP contribution in [0.15, 0.2) is 23.4 Å². The van der Waals surface area contributed by atoms with Crippen molar-refractivity contribution in [3.8, 4) is 0 Å². The average molecular weight is 591 g/mol. The van der Waals surface area contributed by atoms with Crippen LogP contribution in [0.25, 0.3) is 11.2 Å². The maximum absolute atomic E-state index is 13.8. The summed E-state index contributed by atoms with van der Waals surface area (Å²) in [5.74, 6) is -1.66. The number of hydrogen-bond donors (Lipinski definition) is 1. The lowest BCUT2D eigenvalue weighted by molar-refractivity contribution is -0.173. The van der Waals surface area contributed by atoms with E-state index in [1.54, 1.807) is 10.7 Å². The number of hydrogen-bond acceptors (Lipinski definition) is 11. The zero-order valence-electron chi connectivity index (χ0n) is 23.2. The third-order valence-electron chi connectivity index (χ3n) is 7.56. The number of nitrogens with one attached hydrogen (secondary N) is 1. The second-order valence-electron chi connectivity index (χ2n) is 11.0. The van der Waals surface area contributed by atoms with Gasteiger partial charge in [-0.15, -0.1) is 5.10 Å². The lowest BCUT2D eigenvalue weighted by atomic mass is 10.1. The normalized spacial score (nSPS) is 28.1. The van der Waals surface area contributed by atoms with Gasteiger partial charge in [-0.25, -0.2) is 28.2 Å². The van der Waals surface area contributed by atoms with E-state index in [0.717, 1.165) is 30.2 Å². The van der Waals surface area contributed by atoms with Crippen LogP contribution in [0, 0.1) is 11.6 Å². The standard InChI is InChI=1S/C27H32F2N6O5S/c1-5-8-41-26-31-24(30-17-10-14(17)13-6-7-15(28)16(29)9-13)21-25(32-26)35(34-33-21)18-11-19(38-12-20(36)37-4)23-22(18)39-27(2,3)40-23/h6-7,9,14,17-19,22-23H,5,8,10-12H2,1-4H3,(H,30,31,32)/t14-,17?,18+,19-,22-,23+/m0/s1. The van der Waals surface area contributed by atoms with Gasteiger partial charge in [-0.2, -0.15) is 0 Å². The maximum atomic E-state index is 13.8. The molecule has 3 aliphatic rings. The van der Waals surface area contributed by atoms with Crippen LogP contribution in [-0.2, 0) is 23.7 Å². The van der Waals surface area contributed by atoms with Gasteiger partial charge in [0, 0.05) is 24.1 Å². The van der Waals surface area contributed by atoms with Crippen molar-refractivity contribution >= 4 is 34.7 Å². The van der Waals surface area contributed by atoms with Crippen LogP contribution in [-0.4, -0.2) is 80.5 Å². The second-order valence-corrected chi connectivity index (χ2v) is 12.0. The molecule has 1 unspecified atom stereocenters. The highest BCUT2D eigenvalue weighted by molar-refractivity contribution is 7.99.